The summed E-state index contributed by atoms with van der Waals surface area (Å²) in [4.78, 5) is 2.70. The van der Waals surface area contributed by atoms with Crippen LogP contribution in [0.4, 0.5) is 0 Å². The zero-order chi connectivity index (χ0) is 12.0. The molecule has 0 radical (unpaired) electrons. The Morgan fingerprint density at radius 3 is 2.62 bits per heavy atom. The number of hydrogen-bond acceptors (Lipinski definition) is 3. The first-order valence-electron chi connectivity index (χ1n) is 6.74. The van der Waals surface area contributed by atoms with E-state index in [1.165, 1.54) is 43.7 Å². The number of thioether (sulfide) groups is 1. The van der Waals surface area contributed by atoms with Crippen LogP contribution in [0.15, 0.2) is 0 Å². The van der Waals surface area contributed by atoms with E-state index >= 15 is 0 Å². The van der Waals surface area contributed by atoms with Gasteiger partial charge in [0.05, 0.1) is 0 Å². The third-order valence-corrected chi connectivity index (χ3v) is 5.18. The molecule has 2 N–H and O–H groups in total. The summed E-state index contributed by atoms with van der Waals surface area (Å²) in [7, 11) is 0. The third kappa shape index (κ3) is 3.14. The van der Waals surface area contributed by atoms with Gasteiger partial charge >= 0.3 is 0 Å². The van der Waals surface area contributed by atoms with Gasteiger partial charge in [0.1, 0.15) is 0 Å². The first kappa shape index (κ1) is 14.3. The average Bonchev–Trinajstić information content (AvgIpc) is 2.79. The number of rotatable bonds is 7. The smallest absolute Gasteiger partial charge is 0.0432 e. The molecule has 2 unspecified atom stereocenters. The van der Waals surface area contributed by atoms with Gasteiger partial charge in [-0.1, -0.05) is 20.3 Å². The summed E-state index contributed by atoms with van der Waals surface area (Å²) in [5, 5.41) is 0. The predicted molar refractivity (Wildman–Crippen MR) is 75.1 cm³/mol. The minimum atomic E-state index is 0.301. The highest BCUT2D eigenvalue weighted by Gasteiger charge is 2.40. The lowest BCUT2D eigenvalue weighted by molar-refractivity contribution is 0.0700. The van der Waals surface area contributed by atoms with Crippen LogP contribution in [0.2, 0.25) is 0 Å². The highest BCUT2D eigenvalue weighted by Crippen LogP contribution is 2.34. The van der Waals surface area contributed by atoms with Crippen molar-refractivity contribution in [3.8, 4) is 0 Å². The van der Waals surface area contributed by atoms with Crippen molar-refractivity contribution >= 4 is 11.8 Å². The molecule has 0 aromatic carbocycles. The van der Waals surface area contributed by atoms with Gasteiger partial charge in [-0.15, -0.1) is 0 Å². The maximum absolute atomic E-state index is 6.08. The molecule has 96 valence electrons. The van der Waals surface area contributed by atoms with E-state index in [-0.39, 0.29) is 0 Å². The Labute approximate surface area is 105 Å². The van der Waals surface area contributed by atoms with Crippen molar-refractivity contribution in [3.63, 3.8) is 0 Å². The SMILES string of the molecule is CCCCN(C(C)CC)C1(CN)CCSC1. The van der Waals surface area contributed by atoms with Crippen molar-refractivity contribution in [3.05, 3.63) is 0 Å². The molecule has 1 aliphatic rings. The molecule has 3 heteroatoms. The summed E-state index contributed by atoms with van der Waals surface area (Å²) in [5.74, 6) is 2.52. The predicted octanol–water partition coefficient (Wildman–Crippen LogP) is 2.72. The lowest BCUT2D eigenvalue weighted by Gasteiger charge is -2.44. The fourth-order valence-electron chi connectivity index (χ4n) is 2.58. The Morgan fingerprint density at radius 2 is 2.19 bits per heavy atom. The fraction of sp³-hybridized carbons (Fsp3) is 1.00. The van der Waals surface area contributed by atoms with Crippen molar-refractivity contribution < 1.29 is 0 Å². The zero-order valence-electron chi connectivity index (χ0n) is 11.2. The number of unbranched alkanes of at least 4 members (excludes halogenated alkanes) is 1. The van der Waals surface area contributed by atoms with Crippen LogP contribution in [0.5, 0.6) is 0 Å². The standard InChI is InChI=1S/C13H28N2S/c1-4-6-8-15(12(3)5-2)13(10-14)7-9-16-11-13/h12H,4-11,14H2,1-3H3. The van der Waals surface area contributed by atoms with Gasteiger partial charge in [0, 0.05) is 23.9 Å². The van der Waals surface area contributed by atoms with Crippen molar-refractivity contribution in [1.29, 1.82) is 0 Å². The minimum Gasteiger partial charge on any atom is -0.329 e. The summed E-state index contributed by atoms with van der Waals surface area (Å²) in [6.45, 7) is 8.97. The van der Waals surface area contributed by atoms with Crippen LogP contribution < -0.4 is 5.73 Å². The third-order valence-electron chi connectivity index (χ3n) is 3.95. The minimum absolute atomic E-state index is 0.301. The molecule has 0 bridgehead atoms. The van der Waals surface area contributed by atoms with E-state index in [0.717, 1.165) is 6.54 Å². The van der Waals surface area contributed by atoms with Gasteiger partial charge in [-0.3, -0.25) is 4.90 Å². The van der Waals surface area contributed by atoms with E-state index in [1.807, 2.05) is 0 Å². The topological polar surface area (TPSA) is 29.3 Å². The Kier molecular flexibility index (Phi) is 6.16. The largest absolute Gasteiger partial charge is 0.329 e. The van der Waals surface area contributed by atoms with Crippen molar-refractivity contribution in [2.24, 2.45) is 5.73 Å². The summed E-state index contributed by atoms with van der Waals surface area (Å²) in [6.07, 6.45) is 5.09. The Balaban J connectivity index is 2.71. The van der Waals surface area contributed by atoms with Gasteiger partial charge in [0.15, 0.2) is 0 Å². The number of nitrogens with zero attached hydrogens (tertiary/aromatic N) is 1. The maximum Gasteiger partial charge on any atom is 0.0432 e. The summed E-state index contributed by atoms with van der Waals surface area (Å²) in [6, 6.07) is 0.675. The van der Waals surface area contributed by atoms with E-state index in [2.05, 4.69) is 37.4 Å². The van der Waals surface area contributed by atoms with Gasteiger partial charge in [-0.05, 0) is 38.5 Å². The second-order valence-corrected chi connectivity index (χ2v) is 6.14. The molecule has 0 spiro atoms. The highest BCUT2D eigenvalue weighted by atomic mass is 32.2. The lowest BCUT2D eigenvalue weighted by atomic mass is 9.93. The molecule has 1 aliphatic heterocycles. The quantitative estimate of drug-likeness (QED) is 0.746. The Bertz CT molecular complexity index is 190. The van der Waals surface area contributed by atoms with Crippen molar-refractivity contribution in [2.75, 3.05) is 24.6 Å². The van der Waals surface area contributed by atoms with Crippen LogP contribution >= 0.6 is 11.8 Å². The molecule has 0 aliphatic carbocycles. The Hall–Kier alpha value is 0.270. The molecule has 0 aromatic heterocycles. The van der Waals surface area contributed by atoms with Crippen molar-refractivity contribution in [1.82, 2.24) is 4.90 Å². The van der Waals surface area contributed by atoms with Crippen LogP contribution in [0.25, 0.3) is 0 Å². The van der Waals surface area contributed by atoms with E-state index in [4.69, 9.17) is 5.73 Å². The first-order chi connectivity index (χ1) is 7.70. The van der Waals surface area contributed by atoms with Gasteiger partial charge in [0.2, 0.25) is 0 Å². The molecule has 2 atom stereocenters. The summed E-state index contributed by atoms with van der Waals surface area (Å²) >= 11 is 2.07. The van der Waals surface area contributed by atoms with Gasteiger partial charge in [0.25, 0.3) is 0 Å². The molecular weight excluding hydrogens is 216 g/mol. The van der Waals surface area contributed by atoms with Crippen LogP contribution in [0.3, 0.4) is 0 Å². The lowest BCUT2D eigenvalue weighted by Crippen LogP contribution is -2.57. The molecule has 0 saturated carbocycles. The molecule has 16 heavy (non-hydrogen) atoms. The molecule has 1 heterocycles. The van der Waals surface area contributed by atoms with Crippen molar-refractivity contribution in [2.45, 2.75) is 58.0 Å². The number of nitrogens with two attached hydrogens (primary N) is 1. The van der Waals surface area contributed by atoms with Gasteiger partial charge in [-0.2, -0.15) is 11.8 Å². The first-order valence-corrected chi connectivity index (χ1v) is 7.90. The Morgan fingerprint density at radius 1 is 1.44 bits per heavy atom. The summed E-state index contributed by atoms with van der Waals surface area (Å²) in [5.41, 5.74) is 6.38. The maximum atomic E-state index is 6.08. The van der Waals surface area contributed by atoms with E-state index in [1.54, 1.807) is 0 Å². The second-order valence-electron chi connectivity index (χ2n) is 5.04. The van der Waals surface area contributed by atoms with Crippen LogP contribution in [0.1, 0.15) is 46.5 Å². The molecular formula is C13H28N2S. The normalized spacial score (nSPS) is 27.6. The van der Waals surface area contributed by atoms with Crippen LogP contribution in [-0.4, -0.2) is 41.1 Å². The highest BCUT2D eigenvalue weighted by molar-refractivity contribution is 7.99. The second kappa shape index (κ2) is 6.87. The average molecular weight is 244 g/mol. The molecule has 1 rings (SSSR count). The van der Waals surface area contributed by atoms with Gasteiger partial charge < -0.3 is 5.73 Å². The number of hydrogen-bond donors (Lipinski definition) is 1. The molecule has 1 saturated heterocycles. The molecule has 0 aromatic rings. The molecule has 2 nitrogen and oxygen atoms in total. The molecule has 1 fully saturated rings. The summed E-state index contributed by atoms with van der Waals surface area (Å²) < 4.78 is 0. The van der Waals surface area contributed by atoms with E-state index in [0.29, 0.717) is 11.6 Å². The monoisotopic (exact) mass is 244 g/mol. The molecule has 0 amide bonds. The zero-order valence-corrected chi connectivity index (χ0v) is 12.0. The van der Waals surface area contributed by atoms with Crippen LogP contribution in [-0.2, 0) is 0 Å². The van der Waals surface area contributed by atoms with E-state index < -0.39 is 0 Å². The van der Waals surface area contributed by atoms with Crippen LogP contribution in [0, 0.1) is 0 Å². The van der Waals surface area contributed by atoms with Gasteiger partial charge in [-0.25, -0.2) is 0 Å². The van der Waals surface area contributed by atoms with E-state index in [9.17, 15) is 0 Å². The fourth-order valence-corrected chi connectivity index (χ4v) is 4.05.